The first-order chi connectivity index (χ1) is 7.50. The Morgan fingerprint density at radius 1 is 1.50 bits per heavy atom. The van der Waals surface area contributed by atoms with Gasteiger partial charge in [-0.25, -0.2) is 4.79 Å². The molecule has 0 aliphatic carbocycles. The number of alkyl halides is 2. The van der Waals surface area contributed by atoms with Crippen LogP contribution in [-0.2, 0) is 0 Å². The molecule has 0 unspecified atom stereocenters. The van der Waals surface area contributed by atoms with Crippen molar-refractivity contribution in [3.05, 3.63) is 28.9 Å². The van der Waals surface area contributed by atoms with Crippen molar-refractivity contribution >= 4 is 28.5 Å². The third kappa shape index (κ3) is 1.61. The van der Waals surface area contributed by atoms with E-state index in [4.69, 9.17) is 16.7 Å². The summed E-state index contributed by atoms with van der Waals surface area (Å²) >= 11 is 5.66. The Kier molecular flexibility index (Phi) is 2.51. The lowest BCUT2D eigenvalue weighted by atomic mass is 10.2. The van der Waals surface area contributed by atoms with E-state index in [0.29, 0.717) is 4.68 Å². The van der Waals surface area contributed by atoms with Crippen molar-refractivity contribution in [1.82, 2.24) is 9.78 Å². The van der Waals surface area contributed by atoms with Crippen LogP contribution >= 0.6 is 11.6 Å². The van der Waals surface area contributed by atoms with Crippen molar-refractivity contribution in [3.8, 4) is 0 Å². The van der Waals surface area contributed by atoms with E-state index in [1.54, 1.807) is 0 Å². The van der Waals surface area contributed by atoms with Gasteiger partial charge in [-0.05, 0) is 18.2 Å². The van der Waals surface area contributed by atoms with Gasteiger partial charge in [0, 0.05) is 5.39 Å². The highest BCUT2D eigenvalue weighted by Gasteiger charge is 2.17. The molecule has 1 aromatic heterocycles. The number of fused-ring (bicyclic) bond motifs is 1. The highest BCUT2D eigenvalue weighted by atomic mass is 35.5. The maximum Gasteiger partial charge on any atom is 0.335 e. The van der Waals surface area contributed by atoms with E-state index in [9.17, 15) is 13.6 Å². The first-order valence-electron chi connectivity index (χ1n) is 4.20. The summed E-state index contributed by atoms with van der Waals surface area (Å²) in [5.74, 6) is -1.15. The standard InChI is InChI=1S/C9H5ClF2N2O2/c10-7-5-3-4(8(15)16)1-2-6(5)13-14(7)9(11)12/h1-3,9H,(H,15,16). The highest BCUT2D eigenvalue weighted by molar-refractivity contribution is 6.34. The predicted molar refractivity (Wildman–Crippen MR) is 53.0 cm³/mol. The van der Waals surface area contributed by atoms with Gasteiger partial charge in [0.1, 0.15) is 5.15 Å². The zero-order chi connectivity index (χ0) is 11.9. The minimum absolute atomic E-state index is 0.0248. The third-order valence-electron chi connectivity index (χ3n) is 2.07. The molecule has 0 saturated carbocycles. The third-order valence-corrected chi connectivity index (χ3v) is 2.44. The molecule has 16 heavy (non-hydrogen) atoms. The van der Waals surface area contributed by atoms with Crippen molar-refractivity contribution in [2.75, 3.05) is 0 Å². The Hall–Kier alpha value is -1.69. The van der Waals surface area contributed by atoms with Crippen molar-refractivity contribution in [2.24, 2.45) is 0 Å². The second kappa shape index (κ2) is 3.71. The van der Waals surface area contributed by atoms with Gasteiger partial charge in [0.2, 0.25) is 0 Å². The van der Waals surface area contributed by atoms with Crippen LogP contribution in [0.4, 0.5) is 8.78 Å². The molecule has 1 heterocycles. The molecule has 84 valence electrons. The van der Waals surface area contributed by atoms with E-state index in [-0.39, 0.29) is 21.6 Å². The molecule has 0 aliphatic heterocycles. The number of rotatable bonds is 2. The number of carboxylic acids is 1. The molecule has 0 fully saturated rings. The summed E-state index contributed by atoms with van der Waals surface area (Å²) in [5.41, 5.74) is 0.207. The zero-order valence-corrected chi connectivity index (χ0v) is 8.45. The number of carbonyl (C=O) groups is 1. The lowest BCUT2D eigenvalue weighted by Crippen LogP contribution is -1.99. The van der Waals surface area contributed by atoms with Crippen LogP contribution in [0.2, 0.25) is 5.15 Å². The van der Waals surface area contributed by atoms with Gasteiger partial charge in [-0.2, -0.15) is 18.6 Å². The van der Waals surface area contributed by atoms with Gasteiger partial charge in [0.15, 0.2) is 0 Å². The molecule has 4 nitrogen and oxygen atoms in total. The Bertz CT molecular complexity index is 568. The zero-order valence-electron chi connectivity index (χ0n) is 7.69. The van der Waals surface area contributed by atoms with E-state index in [2.05, 4.69) is 5.10 Å². The summed E-state index contributed by atoms with van der Waals surface area (Å²) in [7, 11) is 0. The van der Waals surface area contributed by atoms with E-state index in [0.717, 1.165) is 0 Å². The molecular formula is C9H5ClF2N2O2. The van der Waals surface area contributed by atoms with Crippen LogP contribution in [0, 0.1) is 0 Å². The number of aromatic nitrogens is 2. The van der Waals surface area contributed by atoms with Crippen molar-refractivity contribution < 1.29 is 18.7 Å². The average molecular weight is 247 g/mol. The number of hydrogen-bond acceptors (Lipinski definition) is 2. The van der Waals surface area contributed by atoms with Crippen molar-refractivity contribution in [3.63, 3.8) is 0 Å². The monoisotopic (exact) mass is 246 g/mol. The molecule has 0 atom stereocenters. The number of halogens is 3. The second-order valence-electron chi connectivity index (χ2n) is 3.05. The molecule has 0 saturated heterocycles. The molecule has 2 aromatic rings. The quantitative estimate of drug-likeness (QED) is 0.886. The van der Waals surface area contributed by atoms with Gasteiger partial charge in [0.25, 0.3) is 0 Å². The molecule has 1 N–H and O–H groups in total. The summed E-state index contributed by atoms with van der Waals surface area (Å²) < 4.78 is 25.2. The van der Waals surface area contributed by atoms with Gasteiger partial charge in [-0.1, -0.05) is 11.6 Å². The molecule has 1 aromatic carbocycles. The lowest BCUT2D eigenvalue weighted by molar-refractivity contribution is 0.0577. The van der Waals surface area contributed by atoms with Crippen LogP contribution in [-0.4, -0.2) is 20.9 Å². The molecular weight excluding hydrogens is 242 g/mol. The summed E-state index contributed by atoms with van der Waals surface area (Å²) in [6.45, 7) is -2.85. The Labute approximate surface area is 93.0 Å². The summed E-state index contributed by atoms with van der Waals surface area (Å²) in [6, 6.07) is 3.83. The first-order valence-corrected chi connectivity index (χ1v) is 4.57. The Morgan fingerprint density at radius 2 is 2.19 bits per heavy atom. The predicted octanol–water partition coefficient (Wildman–Crippen LogP) is 2.78. The molecule has 7 heteroatoms. The van der Waals surface area contributed by atoms with Crippen LogP contribution in [0.15, 0.2) is 18.2 Å². The van der Waals surface area contributed by atoms with Gasteiger partial charge >= 0.3 is 12.5 Å². The SMILES string of the molecule is O=C(O)c1ccc2nn(C(F)F)c(Cl)c2c1. The van der Waals surface area contributed by atoms with Crippen LogP contribution < -0.4 is 0 Å². The molecule has 0 bridgehead atoms. The smallest absolute Gasteiger partial charge is 0.335 e. The van der Waals surface area contributed by atoms with Crippen LogP contribution in [0.3, 0.4) is 0 Å². The van der Waals surface area contributed by atoms with Crippen LogP contribution in [0.1, 0.15) is 16.9 Å². The topological polar surface area (TPSA) is 55.1 Å². The number of benzene rings is 1. The normalized spacial score (nSPS) is 11.2. The number of hydrogen-bond donors (Lipinski definition) is 1. The molecule has 0 radical (unpaired) electrons. The number of nitrogens with zero attached hydrogens (tertiary/aromatic N) is 2. The first kappa shape index (κ1) is 10.8. The summed E-state index contributed by atoms with van der Waals surface area (Å²) in [6.07, 6.45) is 0. The van der Waals surface area contributed by atoms with Gasteiger partial charge in [-0.15, -0.1) is 0 Å². The van der Waals surface area contributed by atoms with Crippen molar-refractivity contribution in [2.45, 2.75) is 6.55 Å². The molecule has 0 spiro atoms. The minimum atomic E-state index is -2.85. The van der Waals surface area contributed by atoms with Crippen molar-refractivity contribution in [1.29, 1.82) is 0 Å². The van der Waals surface area contributed by atoms with Gasteiger partial charge < -0.3 is 5.11 Å². The lowest BCUT2D eigenvalue weighted by Gasteiger charge is -1.98. The van der Waals surface area contributed by atoms with E-state index < -0.39 is 12.5 Å². The van der Waals surface area contributed by atoms with Crippen LogP contribution in [0.25, 0.3) is 10.9 Å². The minimum Gasteiger partial charge on any atom is -0.478 e. The summed E-state index contributed by atoms with van der Waals surface area (Å²) in [4.78, 5) is 10.7. The maximum absolute atomic E-state index is 12.4. The fourth-order valence-corrected chi connectivity index (χ4v) is 1.60. The van der Waals surface area contributed by atoms with E-state index in [1.165, 1.54) is 18.2 Å². The fourth-order valence-electron chi connectivity index (χ4n) is 1.33. The van der Waals surface area contributed by atoms with Gasteiger partial charge in [-0.3, -0.25) is 0 Å². The Balaban J connectivity index is 2.69. The molecule has 0 amide bonds. The highest BCUT2D eigenvalue weighted by Crippen LogP contribution is 2.27. The van der Waals surface area contributed by atoms with E-state index >= 15 is 0 Å². The number of carboxylic acid groups (broad SMARTS) is 1. The second-order valence-corrected chi connectivity index (χ2v) is 3.41. The summed E-state index contributed by atoms with van der Waals surface area (Å²) in [5, 5.41) is 12.2. The van der Waals surface area contributed by atoms with Gasteiger partial charge in [0.05, 0.1) is 11.1 Å². The maximum atomic E-state index is 12.4. The number of aromatic carboxylic acids is 1. The Morgan fingerprint density at radius 3 is 2.75 bits per heavy atom. The average Bonchev–Trinajstić information content (AvgIpc) is 2.56. The molecule has 2 rings (SSSR count). The molecule has 0 aliphatic rings. The fraction of sp³-hybridized carbons (Fsp3) is 0.111. The van der Waals surface area contributed by atoms with Crippen LogP contribution in [0.5, 0.6) is 0 Å². The van der Waals surface area contributed by atoms with E-state index in [1.807, 2.05) is 0 Å². The largest absolute Gasteiger partial charge is 0.478 e.